The Bertz CT molecular complexity index is 1570. The Morgan fingerprint density at radius 1 is 0.800 bits per heavy atom. The molecule has 2 heterocycles. The third kappa shape index (κ3) is 5.17. The van der Waals surface area contributed by atoms with E-state index >= 15 is 0 Å². The molecule has 0 bridgehead atoms. The molecule has 0 saturated heterocycles. The molecule has 0 atom stereocenters. The zero-order chi connectivity index (χ0) is 24.3. The molecule has 10 heteroatoms. The highest BCUT2D eigenvalue weighted by molar-refractivity contribution is 7.92. The van der Waals surface area contributed by atoms with Gasteiger partial charge in [-0.25, -0.2) is 18.1 Å². The number of ether oxygens (including phenoxy) is 1. The molecule has 0 fully saturated rings. The summed E-state index contributed by atoms with van der Waals surface area (Å²) in [5.74, 6) is 1.40. The van der Waals surface area contributed by atoms with Crippen LogP contribution in [0.3, 0.4) is 0 Å². The Morgan fingerprint density at radius 2 is 1.51 bits per heavy atom. The van der Waals surface area contributed by atoms with Crippen molar-refractivity contribution in [2.45, 2.75) is 11.8 Å². The van der Waals surface area contributed by atoms with Crippen molar-refractivity contribution in [3.8, 4) is 34.3 Å². The highest BCUT2D eigenvalue weighted by Gasteiger charge is 2.18. The average molecular weight is 486 g/mol. The van der Waals surface area contributed by atoms with E-state index in [-0.39, 0.29) is 16.7 Å². The Morgan fingerprint density at radius 3 is 2.23 bits per heavy atom. The molecular weight excluding hydrogens is 466 g/mol. The summed E-state index contributed by atoms with van der Waals surface area (Å²) in [6.07, 6.45) is 0. The van der Waals surface area contributed by atoms with Crippen molar-refractivity contribution in [1.29, 1.82) is 0 Å². The summed E-state index contributed by atoms with van der Waals surface area (Å²) in [5, 5.41) is 7.93. The number of nitrogens with zero attached hydrogens (tertiary/aromatic N) is 4. The molecule has 0 spiro atoms. The van der Waals surface area contributed by atoms with E-state index < -0.39 is 10.0 Å². The summed E-state index contributed by atoms with van der Waals surface area (Å²) in [4.78, 5) is 8.82. The minimum Gasteiger partial charge on any atom is -0.439 e. The van der Waals surface area contributed by atoms with Gasteiger partial charge in [0.25, 0.3) is 10.0 Å². The molecular formula is C25H19N5O4S. The van der Waals surface area contributed by atoms with E-state index in [2.05, 4.69) is 24.9 Å². The first kappa shape index (κ1) is 22.2. The fraction of sp³-hybridized carbons (Fsp3) is 0.0400. The first-order valence-corrected chi connectivity index (χ1v) is 12.1. The third-order valence-electron chi connectivity index (χ3n) is 4.88. The van der Waals surface area contributed by atoms with Crippen LogP contribution in [-0.2, 0) is 10.0 Å². The van der Waals surface area contributed by atoms with E-state index in [1.807, 2.05) is 42.5 Å². The summed E-state index contributed by atoms with van der Waals surface area (Å²) in [6, 6.07) is 26.0. The van der Waals surface area contributed by atoms with Crippen molar-refractivity contribution >= 4 is 16.0 Å². The van der Waals surface area contributed by atoms with Crippen molar-refractivity contribution in [2.75, 3.05) is 4.72 Å². The van der Waals surface area contributed by atoms with Crippen LogP contribution in [0, 0.1) is 6.92 Å². The number of rotatable bonds is 7. The second-order valence-corrected chi connectivity index (χ2v) is 9.14. The highest BCUT2D eigenvalue weighted by atomic mass is 32.2. The van der Waals surface area contributed by atoms with Crippen molar-refractivity contribution in [2.24, 2.45) is 0 Å². The molecule has 0 saturated carbocycles. The number of nitrogens with one attached hydrogen (secondary N) is 1. The minimum atomic E-state index is -3.91. The Hall–Kier alpha value is -4.57. The molecule has 0 radical (unpaired) electrons. The second kappa shape index (κ2) is 9.35. The molecule has 0 amide bonds. The lowest BCUT2D eigenvalue weighted by molar-refractivity contribution is 0.463. The summed E-state index contributed by atoms with van der Waals surface area (Å²) >= 11 is 0. The Kier molecular flexibility index (Phi) is 5.94. The first-order chi connectivity index (χ1) is 17.0. The van der Waals surface area contributed by atoms with E-state index in [4.69, 9.17) is 9.15 Å². The highest BCUT2D eigenvalue weighted by Crippen LogP contribution is 2.29. The summed E-state index contributed by atoms with van der Waals surface area (Å²) in [6.45, 7) is 1.71. The predicted molar refractivity (Wildman–Crippen MR) is 129 cm³/mol. The first-order valence-electron chi connectivity index (χ1n) is 10.6. The van der Waals surface area contributed by atoms with E-state index in [0.717, 1.165) is 0 Å². The number of sulfonamides is 1. The summed E-state index contributed by atoms with van der Waals surface area (Å²) in [5.41, 5.74) is 1.81. The maximum Gasteiger partial charge on any atom is 0.264 e. The maximum absolute atomic E-state index is 12.9. The predicted octanol–water partition coefficient (Wildman–Crippen LogP) is 5.10. The van der Waals surface area contributed by atoms with Gasteiger partial charge >= 0.3 is 0 Å². The van der Waals surface area contributed by atoms with Gasteiger partial charge in [-0.15, -0.1) is 10.2 Å². The fourth-order valence-electron chi connectivity index (χ4n) is 3.28. The van der Waals surface area contributed by atoms with Crippen LogP contribution in [0.1, 0.15) is 5.89 Å². The number of aryl methyl sites for hydroxylation is 1. The van der Waals surface area contributed by atoms with Gasteiger partial charge in [-0.3, -0.25) is 0 Å². The van der Waals surface area contributed by atoms with Gasteiger partial charge in [-0.2, -0.15) is 4.98 Å². The molecule has 5 rings (SSSR count). The average Bonchev–Trinajstić information content (AvgIpc) is 3.31. The molecule has 1 N–H and O–H groups in total. The van der Waals surface area contributed by atoms with E-state index in [1.165, 1.54) is 12.1 Å². The van der Waals surface area contributed by atoms with Crippen LogP contribution in [0.2, 0.25) is 0 Å². The number of hydrogen-bond donors (Lipinski definition) is 1. The van der Waals surface area contributed by atoms with Gasteiger partial charge in [0.2, 0.25) is 23.6 Å². The molecule has 35 heavy (non-hydrogen) atoms. The van der Waals surface area contributed by atoms with Crippen LogP contribution in [0.15, 0.2) is 100 Å². The number of hydrogen-bond acceptors (Lipinski definition) is 8. The lowest BCUT2D eigenvalue weighted by atomic mass is 10.1. The minimum absolute atomic E-state index is 0.0910. The fourth-order valence-corrected chi connectivity index (χ4v) is 4.25. The number of aromatic nitrogens is 4. The van der Waals surface area contributed by atoms with E-state index in [9.17, 15) is 8.42 Å². The van der Waals surface area contributed by atoms with Gasteiger partial charge in [-0.1, -0.05) is 48.5 Å². The smallest absolute Gasteiger partial charge is 0.264 e. The quantitative estimate of drug-likeness (QED) is 0.338. The standard InChI is InChI=1S/C25H19N5O4S/c1-17-28-29-24(33-17)19-10-8-9-18(15-19)22-16-23(34-20-11-4-2-5-12-20)27-25(26-22)30-35(31,32)21-13-6-3-7-14-21/h2-16H,1H3,(H,26,27,30). The SMILES string of the molecule is Cc1nnc(-c2cccc(-c3cc(Oc4ccccc4)nc(NS(=O)(=O)c4ccccc4)n3)c2)o1. The molecule has 0 unspecified atom stereocenters. The molecule has 174 valence electrons. The zero-order valence-electron chi connectivity index (χ0n) is 18.5. The van der Waals surface area contributed by atoms with Crippen LogP contribution in [0.25, 0.3) is 22.7 Å². The van der Waals surface area contributed by atoms with Crippen molar-refractivity contribution in [1.82, 2.24) is 20.2 Å². The normalized spacial score (nSPS) is 11.2. The van der Waals surface area contributed by atoms with Crippen LogP contribution >= 0.6 is 0 Å². The summed E-state index contributed by atoms with van der Waals surface area (Å²) in [7, 11) is -3.91. The zero-order valence-corrected chi connectivity index (χ0v) is 19.3. The molecule has 0 aliphatic carbocycles. The van der Waals surface area contributed by atoms with Crippen molar-refractivity contribution in [3.63, 3.8) is 0 Å². The summed E-state index contributed by atoms with van der Waals surface area (Å²) < 4.78 is 39.7. The molecule has 5 aromatic rings. The molecule has 3 aromatic carbocycles. The van der Waals surface area contributed by atoms with Crippen LogP contribution in [0.4, 0.5) is 5.95 Å². The number of anilines is 1. The molecule has 0 aliphatic heterocycles. The molecule has 0 aliphatic rings. The second-order valence-electron chi connectivity index (χ2n) is 7.46. The van der Waals surface area contributed by atoms with Crippen LogP contribution < -0.4 is 9.46 Å². The third-order valence-corrected chi connectivity index (χ3v) is 6.22. The monoisotopic (exact) mass is 485 g/mol. The van der Waals surface area contributed by atoms with Gasteiger partial charge < -0.3 is 9.15 Å². The van der Waals surface area contributed by atoms with Crippen LogP contribution in [-0.4, -0.2) is 28.6 Å². The lowest BCUT2D eigenvalue weighted by Crippen LogP contribution is -2.15. The molecule has 9 nitrogen and oxygen atoms in total. The van der Waals surface area contributed by atoms with Crippen molar-refractivity contribution < 1.29 is 17.6 Å². The Balaban J connectivity index is 1.56. The van der Waals surface area contributed by atoms with E-state index in [0.29, 0.717) is 34.4 Å². The maximum atomic E-state index is 12.9. The Labute approximate surface area is 201 Å². The largest absolute Gasteiger partial charge is 0.439 e. The van der Waals surface area contributed by atoms with E-state index in [1.54, 1.807) is 43.3 Å². The topological polar surface area (TPSA) is 120 Å². The van der Waals surface area contributed by atoms with Gasteiger partial charge in [0.15, 0.2) is 0 Å². The molecule has 2 aromatic heterocycles. The van der Waals surface area contributed by atoms with Gasteiger partial charge in [0, 0.05) is 24.1 Å². The van der Waals surface area contributed by atoms with Crippen LogP contribution in [0.5, 0.6) is 11.6 Å². The van der Waals surface area contributed by atoms with Gasteiger partial charge in [0.1, 0.15) is 5.75 Å². The van der Waals surface area contributed by atoms with Crippen molar-refractivity contribution in [3.05, 3.63) is 96.9 Å². The number of benzene rings is 3. The number of para-hydroxylation sites is 1. The van der Waals surface area contributed by atoms with Gasteiger partial charge in [-0.05, 0) is 36.4 Å². The lowest BCUT2D eigenvalue weighted by Gasteiger charge is -2.12. The van der Waals surface area contributed by atoms with Gasteiger partial charge in [0.05, 0.1) is 10.6 Å².